The summed E-state index contributed by atoms with van der Waals surface area (Å²) >= 11 is 5.83. The third kappa shape index (κ3) is 7.43. The second-order valence-corrected chi connectivity index (χ2v) is 7.97. The Labute approximate surface area is 214 Å². The van der Waals surface area contributed by atoms with Gasteiger partial charge in [0, 0.05) is 5.56 Å². The number of ether oxygens (including phenoxy) is 2. The molecule has 0 spiro atoms. The molecule has 0 heterocycles. The van der Waals surface area contributed by atoms with E-state index in [1.54, 1.807) is 37.3 Å². The van der Waals surface area contributed by atoms with Gasteiger partial charge in [-0.15, -0.1) is 0 Å². The van der Waals surface area contributed by atoms with Crippen LogP contribution >= 0.6 is 11.6 Å². The molecular formula is C25H20ClF4N3O4. The molecule has 7 nitrogen and oxygen atoms in total. The van der Waals surface area contributed by atoms with E-state index in [9.17, 15) is 27.2 Å². The number of carbonyl (C=O) groups is 2. The van der Waals surface area contributed by atoms with Gasteiger partial charge in [0.2, 0.25) is 0 Å². The molecule has 0 unspecified atom stereocenters. The van der Waals surface area contributed by atoms with Crippen LogP contribution in [-0.4, -0.2) is 24.6 Å². The molecule has 0 aliphatic rings. The summed E-state index contributed by atoms with van der Waals surface area (Å²) in [5.74, 6) is -2.08. The van der Waals surface area contributed by atoms with Crippen molar-refractivity contribution in [2.75, 3.05) is 12.4 Å². The third-order valence-corrected chi connectivity index (χ3v) is 5.29. The van der Waals surface area contributed by atoms with Gasteiger partial charge in [-0.3, -0.25) is 9.59 Å². The van der Waals surface area contributed by atoms with Crippen LogP contribution in [-0.2, 0) is 22.4 Å². The van der Waals surface area contributed by atoms with Crippen LogP contribution in [0.3, 0.4) is 0 Å². The minimum atomic E-state index is -4.66. The van der Waals surface area contributed by atoms with Crippen molar-refractivity contribution < 1.29 is 36.6 Å². The normalized spacial score (nSPS) is 11.6. The first-order valence-electron chi connectivity index (χ1n) is 10.6. The van der Waals surface area contributed by atoms with Gasteiger partial charge in [0.15, 0.2) is 11.5 Å². The summed E-state index contributed by atoms with van der Waals surface area (Å²) in [6.45, 7) is 1.72. The zero-order valence-electron chi connectivity index (χ0n) is 19.5. The monoisotopic (exact) mass is 537 g/mol. The number of hydrogen-bond donors (Lipinski definition) is 2. The second-order valence-electron chi connectivity index (χ2n) is 7.57. The Morgan fingerprint density at radius 2 is 1.68 bits per heavy atom. The fraction of sp³-hybridized carbons (Fsp3) is 0.160. The summed E-state index contributed by atoms with van der Waals surface area (Å²) in [6.07, 6.45) is -4.66. The van der Waals surface area contributed by atoms with Crippen LogP contribution in [0.5, 0.6) is 11.5 Å². The largest absolute Gasteiger partial charge is 0.493 e. The van der Waals surface area contributed by atoms with Crippen molar-refractivity contribution in [2.24, 2.45) is 5.10 Å². The lowest BCUT2D eigenvalue weighted by Gasteiger charge is -2.13. The van der Waals surface area contributed by atoms with E-state index in [4.69, 9.17) is 21.1 Å². The molecule has 2 N–H and O–H groups in total. The van der Waals surface area contributed by atoms with Gasteiger partial charge in [-0.1, -0.05) is 23.7 Å². The number of nitrogens with one attached hydrogen (secondary N) is 2. The summed E-state index contributed by atoms with van der Waals surface area (Å²) in [5, 5.41) is 5.71. The molecule has 0 aromatic heterocycles. The highest BCUT2D eigenvalue weighted by Crippen LogP contribution is 2.34. The van der Waals surface area contributed by atoms with Gasteiger partial charge in [0.25, 0.3) is 0 Å². The summed E-state index contributed by atoms with van der Waals surface area (Å²) in [7, 11) is 1.43. The summed E-state index contributed by atoms with van der Waals surface area (Å²) in [4.78, 5) is 24.3. The van der Waals surface area contributed by atoms with Crippen molar-refractivity contribution in [3.63, 3.8) is 0 Å². The number of carbonyl (C=O) groups excluding carboxylic acids is 2. The predicted octanol–water partition coefficient (Wildman–Crippen LogP) is 5.56. The van der Waals surface area contributed by atoms with E-state index in [0.29, 0.717) is 28.8 Å². The van der Waals surface area contributed by atoms with Crippen molar-refractivity contribution in [1.82, 2.24) is 5.43 Å². The fourth-order valence-electron chi connectivity index (χ4n) is 2.98. The summed E-state index contributed by atoms with van der Waals surface area (Å²) in [5.41, 5.74) is 2.18. The topological polar surface area (TPSA) is 89.0 Å². The van der Waals surface area contributed by atoms with Crippen molar-refractivity contribution in [3.05, 3.63) is 88.2 Å². The number of amides is 2. The minimum absolute atomic E-state index is 0.171. The van der Waals surface area contributed by atoms with Crippen LogP contribution in [0.2, 0.25) is 5.02 Å². The number of halogens is 5. The standard InChI is InChI=1S/C25H20ClF4N3O4/c1-14(16-5-10-21(22(11-16)36-2)37-13-15-3-7-18(27)8-4-15)32-33-24(35)23(34)31-20-12-17(25(28,29)30)6-9-19(20)26/h3-12H,13H2,1-2H3,(H,31,34)(H,33,35). The van der Waals surface area contributed by atoms with Gasteiger partial charge < -0.3 is 14.8 Å². The molecule has 0 saturated heterocycles. The van der Waals surface area contributed by atoms with E-state index in [0.717, 1.165) is 17.7 Å². The van der Waals surface area contributed by atoms with Gasteiger partial charge in [0.05, 0.1) is 29.1 Å². The molecule has 0 radical (unpaired) electrons. The smallest absolute Gasteiger partial charge is 0.416 e. The van der Waals surface area contributed by atoms with Gasteiger partial charge >= 0.3 is 18.0 Å². The van der Waals surface area contributed by atoms with Crippen LogP contribution in [0.25, 0.3) is 0 Å². The number of benzene rings is 3. The molecule has 3 rings (SSSR count). The molecule has 0 fully saturated rings. The lowest BCUT2D eigenvalue weighted by Crippen LogP contribution is -2.33. The lowest BCUT2D eigenvalue weighted by atomic mass is 10.1. The highest BCUT2D eigenvalue weighted by atomic mass is 35.5. The van der Waals surface area contributed by atoms with E-state index in [2.05, 4.69) is 5.10 Å². The predicted molar refractivity (Wildman–Crippen MR) is 129 cm³/mol. The maximum atomic E-state index is 13.1. The number of alkyl halides is 3. The zero-order valence-corrected chi connectivity index (χ0v) is 20.2. The Morgan fingerprint density at radius 1 is 0.973 bits per heavy atom. The number of methoxy groups -OCH3 is 1. The maximum Gasteiger partial charge on any atom is 0.416 e. The number of hydrogen-bond acceptors (Lipinski definition) is 5. The van der Waals surface area contributed by atoms with E-state index >= 15 is 0 Å². The van der Waals surface area contributed by atoms with Gasteiger partial charge in [0.1, 0.15) is 12.4 Å². The number of nitrogens with zero attached hydrogens (tertiary/aromatic N) is 1. The zero-order chi connectivity index (χ0) is 27.2. The van der Waals surface area contributed by atoms with Crippen LogP contribution in [0.4, 0.5) is 23.2 Å². The molecular weight excluding hydrogens is 518 g/mol. The van der Waals surface area contributed by atoms with E-state index in [1.165, 1.54) is 19.2 Å². The molecule has 3 aromatic carbocycles. The average Bonchev–Trinajstić information content (AvgIpc) is 2.87. The van der Waals surface area contributed by atoms with Crippen molar-refractivity contribution in [2.45, 2.75) is 19.7 Å². The fourth-order valence-corrected chi connectivity index (χ4v) is 3.14. The van der Waals surface area contributed by atoms with Crippen molar-refractivity contribution in [3.8, 4) is 11.5 Å². The molecule has 2 amide bonds. The summed E-state index contributed by atoms with van der Waals surface area (Å²) < 4.78 is 62.8. The Hall–Kier alpha value is -4.12. The van der Waals surface area contributed by atoms with Crippen LogP contribution in [0, 0.1) is 5.82 Å². The van der Waals surface area contributed by atoms with E-state index < -0.39 is 23.6 Å². The van der Waals surface area contributed by atoms with Crippen molar-refractivity contribution >= 4 is 34.8 Å². The first-order valence-corrected chi connectivity index (χ1v) is 10.9. The molecule has 0 bridgehead atoms. The Morgan fingerprint density at radius 3 is 2.32 bits per heavy atom. The first-order chi connectivity index (χ1) is 17.5. The third-order valence-electron chi connectivity index (χ3n) is 4.96. The molecule has 0 aliphatic carbocycles. The average molecular weight is 538 g/mol. The lowest BCUT2D eigenvalue weighted by molar-refractivity contribution is -0.137. The number of hydrazone groups is 1. The van der Waals surface area contributed by atoms with Gasteiger partial charge in [-0.25, -0.2) is 9.82 Å². The van der Waals surface area contributed by atoms with E-state index in [1.807, 2.05) is 10.7 Å². The minimum Gasteiger partial charge on any atom is -0.493 e. The van der Waals surface area contributed by atoms with E-state index in [-0.39, 0.29) is 23.1 Å². The Balaban J connectivity index is 1.64. The molecule has 3 aromatic rings. The SMILES string of the molecule is COc1cc(C(C)=NNC(=O)C(=O)Nc2cc(C(F)(F)F)ccc2Cl)ccc1OCc1ccc(F)cc1. The number of anilines is 1. The first kappa shape index (κ1) is 27.5. The molecule has 194 valence electrons. The van der Waals surface area contributed by atoms with Crippen LogP contribution < -0.4 is 20.2 Å². The van der Waals surface area contributed by atoms with Crippen molar-refractivity contribution in [1.29, 1.82) is 0 Å². The van der Waals surface area contributed by atoms with Crippen LogP contribution in [0.1, 0.15) is 23.6 Å². The highest BCUT2D eigenvalue weighted by Gasteiger charge is 2.31. The quantitative estimate of drug-likeness (QED) is 0.179. The Bertz CT molecular complexity index is 1330. The summed E-state index contributed by atoms with van der Waals surface area (Å²) in [6, 6.07) is 13.0. The highest BCUT2D eigenvalue weighted by molar-refractivity contribution is 6.41. The molecule has 0 saturated carbocycles. The second kappa shape index (κ2) is 11.7. The molecule has 37 heavy (non-hydrogen) atoms. The van der Waals surface area contributed by atoms with Crippen LogP contribution in [0.15, 0.2) is 65.8 Å². The molecule has 12 heteroatoms. The Kier molecular flexibility index (Phi) is 8.72. The maximum absolute atomic E-state index is 13.1. The van der Waals surface area contributed by atoms with Gasteiger partial charge in [-0.2, -0.15) is 18.3 Å². The number of rotatable bonds is 7. The molecule has 0 aliphatic heterocycles. The molecule has 0 atom stereocenters. The van der Waals surface area contributed by atoms with Gasteiger partial charge in [-0.05, 0) is 61.0 Å².